The largest absolute Gasteiger partial charge is 0.417 e. The Morgan fingerprint density at radius 3 is 1.57 bits per heavy atom. The van der Waals surface area contributed by atoms with E-state index in [9.17, 15) is 39.5 Å². The molecule has 0 aliphatic carbocycles. The standard InChI is InChI=1S/C14H13F9/c1-4-6(2)8-5-9(12(15,16)17)7(3)10(13(18,19)20)11(8)14(21,22)23/h5-6H,4H2,1-3H3. The predicted octanol–water partition coefficient (Wildman–Crippen LogP) is 6.56. The van der Waals surface area contributed by atoms with Crippen LogP contribution in [0.15, 0.2) is 6.07 Å². The zero-order chi connectivity index (χ0) is 18.4. The first kappa shape index (κ1) is 19.6. The summed E-state index contributed by atoms with van der Waals surface area (Å²) in [7, 11) is 0. The molecule has 0 saturated heterocycles. The highest BCUT2D eigenvalue weighted by molar-refractivity contribution is 5.50. The Balaban J connectivity index is 4.04. The second kappa shape index (κ2) is 5.90. The molecule has 132 valence electrons. The van der Waals surface area contributed by atoms with E-state index >= 15 is 0 Å². The molecule has 0 aromatic heterocycles. The van der Waals surface area contributed by atoms with Gasteiger partial charge in [-0.05, 0) is 36.5 Å². The summed E-state index contributed by atoms with van der Waals surface area (Å²) in [4.78, 5) is 0. The first-order valence-corrected chi connectivity index (χ1v) is 6.51. The molecule has 1 aromatic rings. The molecule has 1 rings (SSSR count). The molecule has 0 fully saturated rings. The molecule has 0 radical (unpaired) electrons. The van der Waals surface area contributed by atoms with Gasteiger partial charge < -0.3 is 0 Å². The van der Waals surface area contributed by atoms with Crippen LogP contribution in [0, 0.1) is 6.92 Å². The number of hydrogen-bond donors (Lipinski definition) is 0. The van der Waals surface area contributed by atoms with Crippen molar-refractivity contribution in [1.82, 2.24) is 0 Å². The maximum atomic E-state index is 13.2. The van der Waals surface area contributed by atoms with E-state index in [2.05, 4.69) is 0 Å². The summed E-state index contributed by atoms with van der Waals surface area (Å²) in [5.74, 6) is -1.12. The summed E-state index contributed by atoms with van der Waals surface area (Å²) in [5, 5.41) is 0. The van der Waals surface area contributed by atoms with Crippen molar-refractivity contribution in [3.05, 3.63) is 33.9 Å². The van der Waals surface area contributed by atoms with E-state index in [-0.39, 0.29) is 12.5 Å². The molecule has 0 nitrogen and oxygen atoms in total. The van der Waals surface area contributed by atoms with Gasteiger partial charge in [0.2, 0.25) is 0 Å². The molecule has 0 amide bonds. The first-order chi connectivity index (χ1) is 10.1. The Morgan fingerprint density at radius 1 is 0.826 bits per heavy atom. The van der Waals surface area contributed by atoms with Crippen molar-refractivity contribution in [2.24, 2.45) is 0 Å². The molecule has 0 aliphatic heterocycles. The van der Waals surface area contributed by atoms with Gasteiger partial charge in [-0.2, -0.15) is 39.5 Å². The Kier molecular flexibility index (Phi) is 5.04. The molecule has 0 heterocycles. The van der Waals surface area contributed by atoms with E-state index in [1.165, 1.54) is 6.92 Å². The molecule has 0 saturated carbocycles. The number of halogens is 9. The molecule has 1 unspecified atom stereocenters. The van der Waals surface area contributed by atoms with Crippen LogP contribution in [0.25, 0.3) is 0 Å². The lowest BCUT2D eigenvalue weighted by atomic mass is 9.85. The summed E-state index contributed by atoms with van der Waals surface area (Å²) in [5.41, 5.74) is -8.47. The Morgan fingerprint density at radius 2 is 1.26 bits per heavy atom. The third kappa shape index (κ3) is 3.92. The number of rotatable bonds is 2. The average Bonchev–Trinajstić information content (AvgIpc) is 2.32. The SMILES string of the molecule is CCC(C)c1cc(C(F)(F)F)c(C)c(C(F)(F)F)c1C(F)(F)F. The van der Waals surface area contributed by atoms with Gasteiger partial charge in [-0.25, -0.2) is 0 Å². The zero-order valence-corrected chi connectivity index (χ0v) is 12.3. The fourth-order valence-corrected chi connectivity index (χ4v) is 2.37. The van der Waals surface area contributed by atoms with Crippen LogP contribution in [-0.2, 0) is 18.5 Å². The van der Waals surface area contributed by atoms with Crippen LogP contribution in [0.4, 0.5) is 39.5 Å². The molecule has 1 atom stereocenters. The smallest absolute Gasteiger partial charge is 0.166 e. The van der Waals surface area contributed by atoms with E-state index in [0.29, 0.717) is 6.92 Å². The van der Waals surface area contributed by atoms with Crippen LogP contribution >= 0.6 is 0 Å². The molecule has 9 heteroatoms. The van der Waals surface area contributed by atoms with E-state index in [1.54, 1.807) is 0 Å². The first-order valence-electron chi connectivity index (χ1n) is 6.51. The Hall–Kier alpha value is -1.41. The van der Waals surface area contributed by atoms with Gasteiger partial charge in [0.1, 0.15) is 0 Å². The number of benzene rings is 1. The molecule has 0 spiro atoms. The van der Waals surface area contributed by atoms with E-state index in [0.717, 1.165) is 6.92 Å². The highest BCUT2D eigenvalue weighted by atomic mass is 19.4. The van der Waals surface area contributed by atoms with Gasteiger partial charge in [0.05, 0.1) is 16.7 Å². The van der Waals surface area contributed by atoms with Crippen LogP contribution < -0.4 is 0 Å². The topological polar surface area (TPSA) is 0 Å². The average molecular weight is 352 g/mol. The van der Waals surface area contributed by atoms with Crippen molar-refractivity contribution in [2.45, 2.75) is 51.6 Å². The van der Waals surface area contributed by atoms with Crippen molar-refractivity contribution in [1.29, 1.82) is 0 Å². The zero-order valence-electron chi connectivity index (χ0n) is 12.3. The van der Waals surface area contributed by atoms with Gasteiger partial charge in [-0.15, -0.1) is 0 Å². The lowest BCUT2D eigenvalue weighted by molar-refractivity contribution is -0.164. The van der Waals surface area contributed by atoms with Gasteiger partial charge in [0.25, 0.3) is 0 Å². The molecular weight excluding hydrogens is 339 g/mol. The fourth-order valence-electron chi connectivity index (χ4n) is 2.37. The molecule has 0 aliphatic rings. The van der Waals surface area contributed by atoms with Gasteiger partial charge in [-0.3, -0.25) is 0 Å². The molecule has 1 aromatic carbocycles. The third-order valence-corrected chi connectivity index (χ3v) is 3.63. The van der Waals surface area contributed by atoms with Crippen molar-refractivity contribution < 1.29 is 39.5 Å². The van der Waals surface area contributed by atoms with E-state index in [1.807, 2.05) is 0 Å². The second-order valence-corrected chi connectivity index (χ2v) is 5.19. The van der Waals surface area contributed by atoms with Gasteiger partial charge in [0.15, 0.2) is 0 Å². The highest BCUT2D eigenvalue weighted by Crippen LogP contribution is 2.49. The quantitative estimate of drug-likeness (QED) is 0.529. The Bertz CT molecular complexity index is 576. The van der Waals surface area contributed by atoms with Crippen molar-refractivity contribution in [2.75, 3.05) is 0 Å². The van der Waals surface area contributed by atoms with Crippen LogP contribution in [-0.4, -0.2) is 0 Å². The van der Waals surface area contributed by atoms with Crippen molar-refractivity contribution in [3.63, 3.8) is 0 Å². The van der Waals surface area contributed by atoms with Crippen LogP contribution in [0.5, 0.6) is 0 Å². The lowest BCUT2D eigenvalue weighted by Crippen LogP contribution is -2.24. The normalized spacial score (nSPS) is 15.0. The summed E-state index contributed by atoms with van der Waals surface area (Å²) in [6.07, 6.45) is -16.2. The van der Waals surface area contributed by atoms with Gasteiger partial charge >= 0.3 is 18.5 Å². The fraction of sp³-hybridized carbons (Fsp3) is 0.571. The Labute approximate surface area is 126 Å². The minimum Gasteiger partial charge on any atom is -0.166 e. The monoisotopic (exact) mass is 352 g/mol. The highest BCUT2D eigenvalue weighted by Gasteiger charge is 2.49. The summed E-state index contributed by atoms with van der Waals surface area (Å²) >= 11 is 0. The van der Waals surface area contributed by atoms with Crippen LogP contribution in [0.2, 0.25) is 0 Å². The minimum atomic E-state index is -5.56. The maximum absolute atomic E-state index is 13.2. The predicted molar refractivity (Wildman–Crippen MR) is 64.9 cm³/mol. The maximum Gasteiger partial charge on any atom is 0.417 e. The van der Waals surface area contributed by atoms with Gasteiger partial charge in [0, 0.05) is 0 Å². The van der Waals surface area contributed by atoms with E-state index in [4.69, 9.17) is 0 Å². The summed E-state index contributed by atoms with van der Waals surface area (Å²) in [6, 6.07) is 0.182. The second-order valence-electron chi connectivity index (χ2n) is 5.19. The summed E-state index contributed by atoms with van der Waals surface area (Å²) in [6.45, 7) is 2.94. The molecule has 0 bridgehead atoms. The van der Waals surface area contributed by atoms with Crippen LogP contribution in [0.3, 0.4) is 0 Å². The molecule has 0 N–H and O–H groups in total. The minimum absolute atomic E-state index is 0.0409. The lowest BCUT2D eigenvalue weighted by Gasteiger charge is -2.26. The van der Waals surface area contributed by atoms with E-state index < -0.39 is 52.3 Å². The van der Waals surface area contributed by atoms with Crippen LogP contribution in [0.1, 0.15) is 54.0 Å². The summed E-state index contributed by atoms with van der Waals surface area (Å²) < 4.78 is 118. The van der Waals surface area contributed by atoms with Gasteiger partial charge in [-0.1, -0.05) is 13.8 Å². The number of hydrogen-bond acceptors (Lipinski definition) is 0. The molecular formula is C14H13F9. The number of alkyl halides is 9. The van der Waals surface area contributed by atoms with Crippen molar-refractivity contribution in [3.8, 4) is 0 Å². The third-order valence-electron chi connectivity index (χ3n) is 3.63. The molecule has 23 heavy (non-hydrogen) atoms. The van der Waals surface area contributed by atoms with Crippen molar-refractivity contribution >= 4 is 0 Å².